The van der Waals surface area contributed by atoms with Gasteiger partial charge in [-0.1, -0.05) is 12.1 Å². The van der Waals surface area contributed by atoms with Crippen LogP contribution in [0.15, 0.2) is 46.9 Å². The Morgan fingerprint density at radius 3 is 2.54 bits per heavy atom. The molecule has 0 bridgehead atoms. The van der Waals surface area contributed by atoms with Gasteiger partial charge in [0.2, 0.25) is 0 Å². The van der Waals surface area contributed by atoms with Crippen molar-refractivity contribution in [3.8, 4) is 17.2 Å². The second-order valence-electron chi connectivity index (χ2n) is 6.90. The molecule has 3 heterocycles. The monoisotopic (exact) mass is 380 g/mol. The van der Waals surface area contributed by atoms with E-state index in [1.54, 1.807) is 24.9 Å². The number of para-hydroxylation sites is 2. The SMILES string of the molecule is COc1ccccc1N1CCN(C(=O)c2cc(-c3ccc(C)o3)nn2C)CC1. The molecule has 146 valence electrons. The number of benzene rings is 1. The van der Waals surface area contributed by atoms with Crippen molar-refractivity contribution in [1.29, 1.82) is 0 Å². The van der Waals surface area contributed by atoms with Crippen LogP contribution < -0.4 is 9.64 Å². The minimum atomic E-state index is -0.01000. The van der Waals surface area contributed by atoms with Gasteiger partial charge in [0.05, 0.1) is 12.8 Å². The predicted molar refractivity (Wildman–Crippen MR) is 107 cm³/mol. The van der Waals surface area contributed by atoms with Gasteiger partial charge in [-0.3, -0.25) is 9.48 Å². The molecular formula is C21H24N4O3. The molecule has 1 aliphatic heterocycles. The van der Waals surface area contributed by atoms with Crippen molar-refractivity contribution in [1.82, 2.24) is 14.7 Å². The van der Waals surface area contributed by atoms with Gasteiger partial charge in [0.15, 0.2) is 5.76 Å². The summed E-state index contributed by atoms with van der Waals surface area (Å²) in [5.74, 6) is 2.34. The van der Waals surface area contributed by atoms with Crippen LogP contribution >= 0.6 is 0 Å². The lowest BCUT2D eigenvalue weighted by Gasteiger charge is -2.36. The largest absolute Gasteiger partial charge is 0.495 e. The fourth-order valence-electron chi connectivity index (χ4n) is 3.56. The molecule has 0 radical (unpaired) electrons. The zero-order valence-electron chi connectivity index (χ0n) is 16.4. The van der Waals surface area contributed by atoms with E-state index in [9.17, 15) is 4.79 Å². The van der Waals surface area contributed by atoms with Gasteiger partial charge in [-0.15, -0.1) is 0 Å². The van der Waals surface area contributed by atoms with Gasteiger partial charge < -0.3 is 19.0 Å². The third-order valence-electron chi connectivity index (χ3n) is 5.08. The van der Waals surface area contributed by atoms with Crippen molar-refractivity contribution in [3.05, 3.63) is 53.9 Å². The van der Waals surface area contributed by atoms with Crippen molar-refractivity contribution in [3.63, 3.8) is 0 Å². The fourth-order valence-corrected chi connectivity index (χ4v) is 3.56. The van der Waals surface area contributed by atoms with Crippen LogP contribution in [0.5, 0.6) is 5.75 Å². The van der Waals surface area contributed by atoms with Crippen LogP contribution in [0.1, 0.15) is 16.2 Å². The third kappa shape index (κ3) is 3.35. The minimum Gasteiger partial charge on any atom is -0.495 e. The van der Waals surface area contributed by atoms with Gasteiger partial charge in [0.25, 0.3) is 5.91 Å². The number of ether oxygens (including phenoxy) is 1. The minimum absolute atomic E-state index is 0.01000. The van der Waals surface area contributed by atoms with Crippen molar-refractivity contribution in [2.75, 3.05) is 38.2 Å². The highest BCUT2D eigenvalue weighted by molar-refractivity contribution is 5.93. The molecular weight excluding hydrogens is 356 g/mol. The van der Waals surface area contributed by atoms with Crippen LogP contribution in [0.3, 0.4) is 0 Å². The summed E-state index contributed by atoms with van der Waals surface area (Å²) in [7, 11) is 3.47. The topological polar surface area (TPSA) is 63.7 Å². The lowest BCUT2D eigenvalue weighted by atomic mass is 10.2. The average Bonchev–Trinajstić information content (AvgIpc) is 3.33. The van der Waals surface area contributed by atoms with E-state index in [0.717, 1.165) is 30.3 Å². The maximum absolute atomic E-state index is 13.0. The summed E-state index contributed by atoms with van der Waals surface area (Å²) in [5.41, 5.74) is 2.30. The zero-order chi connectivity index (χ0) is 19.7. The number of piperazine rings is 1. The van der Waals surface area contributed by atoms with E-state index in [2.05, 4.69) is 16.1 Å². The van der Waals surface area contributed by atoms with Crippen LogP contribution in [-0.4, -0.2) is 53.9 Å². The van der Waals surface area contributed by atoms with E-state index in [4.69, 9.17) is 9.15 Å². The highest BCUT2D eigenvalue weighted by atomic mass is 16.5. The van der Waals surface area contributed by atoms with E-state index in [0.29, 0.717) is 30.2 Å². The molecule has 0 N–H and O–H groups in total. The number of hydrogen-bond donors (Lipinski definition) is 0. The number of anilines is 1. The molecule has 1 aromatic carbocycles. The first-order chi connectivity index (χ1) is 13.6. The number of aromatic nitrogens is 2. The Bertz CT molecular complexity index is 983. The zero-order valence-corrected chi connectivity index (χ0v) is 16.4. The molecule has 0 spiro atoms. The van der Waals surface area contributed by atoms with Gasteiger partial charge in [0.1, 0.15) is 22.9 Å². The molecule has 0 atom stereocenters. The van der Waals surface area contributed by atoms with Crippen LogP contribution in [0.4, 0.5) is 5.69 Å². The van der Waals surface area contributed by atoms with E-state index >= 15 is 0 Å². The number of nitrogens with zero attached hydrogens (tertiary/aromatic N) is 4. The number of carbonyl (C=O) groups excluding carboxylic acids is 1. The summed E-state index contributed by atoms with van der Waals surface area (Å²) >= 11 is 0. The Kier molecular flexibility index (Phi) is 4.81. The Labute approximate surface area is 164 Å². The lowest BCUT2D eigenvalue weighted by Crippen LogP contribution is -2.49. The van der Waals surface area contributed by atoms with E-state index < -0.39 is 0 Å². The molecule has 1 fully saturated rings. The molecule has 28 heavy (non-hydrogen) atoms. The first kappa shape index (κ1) is 18.2. The Morgan fingerprint density at radius 2 is 1.86 bits per heavy atom. The molecule has 7 nitrogen and oxygen atoms in total. The van der Waals surface area contributed by atoms with Crippen molar-refractivity contribution >= 4 is 11.6 Å². The number of amides is 1. The maximum Gasteiger partial charge on any atom is 0.272 e. The van der Waals surface area contributed by atoms with Crippen molar-refractivity contribution < 1.29 is 13.9 Å². The second kappa shape index (κ2) is 7.42. The van der Waals surface area contributed by atoms with Gasteiger partial charge >= 0.3 is 0 Å². The first-order valence-electron chi connectivity index (χ1n) is 9.35. The van der Waals surface area contributed by atoms with Crippen molar-refractivity contribution in [2.45, 2.75) is 6.92 Å². The van der Waals surface area contributed by atoms with Crippen LogP contribution in [-0.2, 0) is 7.05 Å². The molecule has 3 aromatic rings. The number of aryl methyl sites for hydroxylation is 2. The summed E-state index contributed by atoms with van der Waals surface area (Å²) in [4.78, 5) is 17.2. The number of methoxy groups -OCH3 is 1. The summed E-state index contributed by atoms with van der Waals surface area (Å²) in [6, 6.07) is 13.5. The predicted octanol–water partition coefficient (Wildman–Crippen LogP) is 2.96. The fraction of sp³-hybridized carbons (Fsp3) is 0.333. The maximum atomic E-state index is 13.0. The Morgan fingerprint density at radius 1 is 1.11 bits per heavy atom. The number of rotatable bonds is 4. The van der Waals surface area contributed by atoms with Gasteiger partial charge in [-0.2, -0.15) is 5.10 Å². The molecule has 1 aliphatic rings. The lowest BCUT2D eigenvalue weighted by molar-refractivity contribution is 0.0735. The van der Waals surface area contributed by atoms with Gasteiger partial charge in [-0.05, 0) is 31.2 Å². The standard InChI is InChI=1S/C21H24N4O3/c1-15-8-9-19(28-15)16-14-18(23(2)22-16)21(26)25-12-10-24(11-13-25)17-6-4-5-7-20(17)27-3/h4-9,14H,10-13H2,1-3H3. The highest BCUT2D eigenvalue weighted by Crippen LogP contribution is 2.29. The number of carbonyl (C=O) groups is 1. The normalized spacial score (nSPS) is 14.4. The van der Waals surface area contributed by atoms with Gasteiger partial charge in [-0.25, -0.2) is 0 Å². The average molecular weight is 380 g/mol. The molecule has 2 aromatic heterocycles. The highest BCUT2D eigenvalue weighted by Gasteiger charge is 2.26. The molecule has 7 heteroatoms. The Balaban J connectivity index is 1.46. The van der Waals surface area contributed by atoms with Crippen LogP contribution in [0.2, 0.25) is 0 Å². The van der Waals surface area contributed by atoms with E-state index in [1.807, 2.05) is 42.2 Å². The van der Waals surface area contributed by atoms with Gasteiger partial charge in [0, 0.05) is 39.3 Å². The van der Waals surface area contributed by atoms with Crippen LogP contribution in [0.25, 0.3) is 11.5 Å². The van der Waals surface area contributed by atoms with Crippen LogP contribution in [0, 0.1) is 6.92 Å². The second-order valence-corrected chi connectivity index (χ2v) is 6.90. The Hall–Kier alpha value is -3.22. The quantitative estimate of drug-likeness (QED) is 0.696. The smallest absolute Gasteiger partial charge is 0.272 e. The third-order valence-corrected chi connectivity index (χ3v) is 5.08. The molecule has 0 saturated carbocycles. The molecule has 1 amide bonds. The summed E-state index contributed by atoms with van der Waals surface area (Å²) in [6.45, 7) is 4.70. The molecule has 0 aliphatic carbocycles. The summed E-state index contributed by atoms with van der Waals surface area (Å²) in [5, 5.41) is 4.44. The molecule has 4 rings (SSSR count). The molecule has 1 saturated heterocycles. The number of hydrogen-bond acceptors (Lipinski definition) is 5. The number of furan rings is 1. The van der Waals surface area contributed by atoms with Crippen molar-refractivity contribution in [2.24, 2.45) is 7.05 Å². The first-order valence-corrected chi connectivity index (χ1v) is 9.35. The summed E-state index contributed by atoms with van der Waals surface area (Å²) in [6.07, 6.45) is 0. The molecule has 0 unspecified atom stereocenters. The summed E-state index contributed by atoms with van der Waals surface area (Å²) < 4.78 is 12.7. The van der Waals surface area contributed by atoms with E-state index in [1.165, 1.54) is 0 Å². The van der Waals surface area contributed by atoms with E-state index in [-0.39, 0.29) is 5.91 Å².